The van der Waals surface area contributed by atoms with Gasteiger partial charge in [0.2, 0.25) is 0 Å². The van der Waals surface area contributed by atoms with Gasteiger partial charge in [0.05, 0.1) is 27.2 Å². The fourth-order valence-electron chi connectivity index (χ4n) is 1.50. The lowest BCUT2D eigenvalue weighted by Crippen LogP contribution is -2.44. The van der Waals surface area contributed by atoms with Crippen LogP contribution in [0.15, 0.2) is 0 Å². The first-order chi connectivity index (χ1) is 6.77. The molecule has 0 unspecified atom stereocenters. The van der Waals surface area contributed by atoms with Crippen molar-refractivity contribution in [3.05, 3.63) is 0 Å². The lowest BCUT2D eigenvalue weighted by molar-refractivity contribution is -0.890. The molecule has 0 bridgehead atoms. The van der Waals surface area contributed by atoms with Crippen LogP contribution in [0.25, 0.3) is 0 Å². The van der Waals surface area contributed by atoms with Gasteiger partial charge < -0.3 is 8.91 Å². The van der Waals surface area contributed by atoms with E-state index < -0.39 is 8.32 Å². The molecule has 15 heavy (non-hydrogen) atoms. The van der Waals surface area contributed by atoms with Gasteiger partial charge in [0.25, 0.3) is 0 Å². The fourth-order valence-corrected chi connectivity index (χ4v) is 2.20. The molecule has 0 heterocycles. The number of rotatable bonds is 8. The van der Waals surface area contributed by atoms with E-state index in [-0.39, 0.29) is 0 Å². The van der Waals surface area contributed by atoms with Gasteiger partial charge in [0.1, 0.15) is 6.54 Å². The fraction of sp³-hybridized carbons (Fsp3) is 1.00. The zero-order valence-corrected chi connectivity index (χ0v) is 12.6. The zero-order valence-electron chi connectivity index (χ0n) is 11.6. The van der Waals surface area contributed by atoms with Gasteiger partial charge >= 0.3 is 0 Å². The molecule has 0 aromatic heterocycles. The molecule has 0 aromatic rings. The topological polar surface area (TPSA) is 9.23 Å². The molecule has 3 heteroatoms. The third-order valence-corrected chi connectivity index (χ3v) is 3.67. The van der Waals surface area contributed by atoms with Gasteiger partial charge in [-0.1, -0.05) is 13.3 Å². The van der Waals surface area contributed by atoms with E-state index in [1.807, 2.05) is 0 Å². The predicted molar refractivity (Wildman–Crippen MR) is 70.7 cm³/mol. The van der Waals surface area contributed by atoms with Crippen molar-refractivity contribution in [2.75, 3.05) is 33.8 Å². The molecule has 0 saturated heterocycles. The first-order valence-electron chi connectivity index (χ1n) is 6.23. The monoisotopic (exact) mass is 232 g/mol. The van der Waals surface area contributed by atoms with Crippen LogP contribution in [0.2, 0.25) is 19.6 Å². The van der Waals surface area contributed by atoms with Gasteiger partial charge in [-0.3, -0.25) is 0 Å². The molecule has 92 valence electrons. The maximum absolute atomic E-state index is 5.89. The summed E-state index contributed by atoms with van der Waals surface area (Å²) < 4.78 is 7.00. The summed E-state index contributed by atoms with van der Waals surface area (Å²) in [5.41, 5.74) is 0. The molecule has 0 aliphatic heterocycles. The van der Waals surface area contributed by atoms with Crippen molar-refractivity contribution in [2.24, 2.45) is 0 Å². The molecular formula is C12H30NOSi+. The largest absolute Gasteiger partial charge is 0.412 e. The van der Waals surface area contributed by atoms with Crippen molar-refractivity contribution in [3.63, 3.8) is 0 Å². The number of hydrogen-bond donors (Lipinski definition) is 0. The summed E-state index contributed by atoms with van der Waals surface area (Å²) in [6.45, 7) is 12.4. The number of quaternary nitrogens is 1. The van der Waals surface area contributed by atoms with Crippen LogP contribution < -0.4 is 0 Å². The standard InChI is InChI=1S/C12H30NOSi/c1-7-8-9-10-13(2,3)11-12-14-15(4,5)6/h7-12H2,1-6H3/q+1. The summed E-state index contributed by atoms with van der Waals surface area (Å²) in [7, 11) is 3.31. The summed E-state index contributed by atoms with van der Waals surface area (Å²) in [5, 5.41) is 0. The Hall–Kier alpha value is 0.137. The minimum absolute atomic E-state index is 0.925. The van der Waals surface area contributed by atoms with Crippen LogP contribution in [0.1, 0.15) is 26.2 Å². The maximum atomic E-state index is 5.89. The maximum Gasteiger partial charge on any atom is 0.184 e. The first kappa shape index (κ1) is 15.1. The van der Waals surface area contributed by atoms with Crippen molar-refractivity contribution in [1.82, 2.24) is 0 Å². The molecule has 2 nitrogen and oxygen atoms in total. The predicted octanol–water partition coefficient (Wildman–Crippen LogP) is 3.10. The third-order valence-electron chi connectivity index (χ3n) is 2.60. The van der Waals surface area contributed by atoms with Gasteiger partial charge in [-0.15, -0.1) is 0 Å². The summed E-state index contributed by atoms with van der Waals surface area (Å²) in [6, 6.07) is 0. The molecule has 0 aliphatic rings. The Kier molecular flexibility index (Phi) is 6.72. The molecule has 0 aromatic carbocycles. The van der Waals surface area contributed by atoms with Gasteiger partial charge in [-0.05, 0) is 32.5 Å². The second-order valence-electron chi connectivity index (χ2n) is 6.05. The van der Waals surface area contributed by atoms with Crippen LogP contribution in [-0.4, -0.2) is 46.6 Å². The highest BCUT2D eigenvalue weighted by Gasteiger charge is 2.18. The quantitative estimate of drug-likeness (QED) is 0.355. The Morgan fingerprint density at radius 2 is 1.60 bits per heavy atom. The lowest BCUT2D eigenvalue weighted by atomic mass is 10.2. The Balaban J connectivity index is 3.64. The van der Waals surface area contributed by atoms with Crippen molar-refractivity contribution in [2.45, 2.75) is 45.8 Å². The lowest BCUT2D eigenvalue weighted by Gasteiger charge is -2.31. The summed E-state index contributed by atoms with van der Waals surface area (Å²) in [6.07, 6.45) is 4.01. The highest BCUT2D eigenvalue weighted by Crippen LogP contribution is 2.06. The van der Waals surface area contributed by atoms with E-state index >= 15 is 0 Å². The minimum atomic E-state index is -1.31. The average molecular weight is 232 g/mol. The number of likely N-dealkylation sites (N-methyl/N-ethyl adjacent to an activating group) is 1. The van der Waals surface area contributed by atoms with E-state index in [0.717, 1.165) is 17.6 Å². The highest BCUT2D eigenvalue weighted by atomic mass is 28.4. The Morgan fingerprint density at radius 3 is 2.07 bits per heavy atom. The Morgan fingerprint density at radius 1 is 1.00 bits per heavy atom. The van der Waals surface area contributed by atoms with Crippen molar-refractivity contribution in [1.29, 1.82) is 0 Å². The molecule has 0 aliphatic carbocycles. The molecule has 0 saturated carbocycles. The van der Waals surface area contributed by atoms with E-state index in [1.54, 1.807) is 0 Å². The molecule has 0 atom stereocenters. The Bertz CT molecular complexity index is 163. The molecule has 0 amide bonds. The minimum Gasteiger partial charge on any atom is -0.412 e. The zero-order chi connectivity index (χ0) is 11.9. The average Bonchev–Trinajstić information content (AvgIpc) is 2.01. The van der Waals surface area contributed by atoms with Gasteiger partial charge in [-0.2, -0.15) is 0 Å². The molecule has 0 rings (SSSR count). The summed E-state index contributed by atoms with van der Waals surface area (Å²) >= 11 is 0. The molecule has 0 N–H and O–H groups in total. The number of hydrogen-bond acceptors (Lipinski definition) is 1. The smallest absolute Gasteiger partial charge is 0.184 e. The highest BCUT2D eigenvalue weighted by molar-refractivity contribution is 6.69. The molecule has 0 spiro atoms. The second-order valence-corrected chi connectivity index (χ2v) is 10.6. The number of nitrogens with zero attached hydrogens (tertiary/aromatic N) is 1. The van der Waals surface area contributed by atoms with E-state index in [2.05, 4.69) is 40.7 Å². The van der Waals surface area contributed by atoms with E-state index in [9.17, 15) is 0 Å². The summed E-state index contributed by atoms with van der Waals surface area (Å²) in [5.74, 6) is 0. The SMILES string of the molecule is CCCCC[N+](C)(C)CCO[Si](C)(C)C. The van der Waals surface area contributed by atoms with Crippen LogP contribution in [-0.2, 0) is 4.43 Å². The second kappa shape index (κ2) is 6.66. The number of unbranched alkanes of at least 4 members (excludes halogenated alkanes) is 2. The van der Waals surface area contributed by atoms with Gasteiger partial charge in [-0.25, -0.2) is 0 Å². The van der Waals surface area contributed by atoms with Crippen LogP contribution in [0.4, 0.5) is 0 Å². The molecule has 0 fully saturated rings. The van der Waals surface area contributed by atoms with Crippen molar-refractivity contribution >= 4 is 8.32 Å². The summed E-state index contributed by atoms with van der Waals surface area (Å²) in [4.78, 5) is 0. The Labute approximate surface area is 97.3 Å². The van der Waals surface area contributed by atoms with Crippen molar-refractivity contribution in [3.8, 4) is 0 Å². The first-order valence-corrected chi connectivity index (χ1v) is 9.64. The molecule has 0 radical (unpaired) electrons. The van der Waals surface area contributed by atoms with E-state index in [4.69, 9.17) is 4.43 Å². The van der Waals surface area contributed by atoms with E-state index in [1.165, 1.54) is 25.8 Å². The van der Waals surface area contributed by atoms with Crippen LogP contribution in [0.3, 0.4) is 0 Å². The van der Waals surface area contributed by atoms with Crippen LogP contribution in [0.5, 0.6) is 0 Å². The van der Waals surface area contributed by atoms with E-state index in [0.29, 0.717) is 0 Å². The van der Waals surface area contributed by atoms with Gasteiger partial charge in [0.15, 0.2) is 8.32 Å². The van der Waals surface area contributed by atoms with Gasteiger partial charge in [0, 0.05) is 0 Å². The van der Waals surface area contributed by atoms with Crippen LogP contribution >= 0.6 is 0 Å². The normalized spacial score (nSPS) is 13.2. The molecular weight excluding hydrogens is 202 g/mol. The third kappa shape index (κ3) is 10.4. The van der Waals surface area contributed by atoms with Crippen molar-refractivity contribution < 1.29 is 8.91 Å². The van der Waals surface area contributed by atoms with Crippen LogP contribution in [0, 0.1) is 0 Å².